The predicted molar refractivity (Wildman–Crippen MR) is 63.8 cm³/mol. The smallest absolute Gasteiger partial charge is 0.0373 e. The second-order valence-electron chi connectivity index (χ2n) is 4.75. The summed E-state index contributed by atoms with van der Waals surface area (Å²) in [6.45, 7) is 4.73. The number of anilines is 1. The number of pyridine rings is 1. The van der Waals surface area contributed by atoms with E-state index in [1.54, 1.807) is 0 Å². The third-order valence-corrected chi connectivity index (χ3v) is 3.74. The van der Waals surface area contributed by atoms with Crippen LogP contribution in [0.5, 0.6) is 0 Å². The molecule has 0 aromatic carbocycles. The van der Waals surface area contributed by atoms with E-state index in [0.717, 1.165) is 11.8 Å². The summed E-state index contributed by atoms with van der Waals surface area (Å²) in [6.07, 6.45) is 7.73. The van der Waals surface area contributed by atoms with Gasteiger partial charge in [-0.05, 0) is 30.4 Å². The van der Waals surface area contributed by atoms with Crippen molar-refractivity contribution in [2.75, 3.05) is 5.32 Å². The van der Waals surface area contributed by atoms with E-state index < -0.39 is 0 Å². The molecule has 15 heavy (non-hydrogen) atoms. The SMILES string of the molecule is CC1CCCC(Nc2ccncc2)C1C. The molecule has 1 N–H and O–H groups in total. The molecule has 82 valence electrons. The minimum absolute atomic E-state index is 0.635. The molecular weight excluding hydrogens is 184 g/mol. The van der Waals surface area contributed by atoms with Gasteiger partial charge in [-0.3, -0.25) is 4.98 Å². The summed E-state index contributed by atoms with van der Waals surface area (Å²) >= 11 is 0. The lowest BCUT2D eigenvalue weighted by atomic mass is 9.78. The van der Waals surface area contributed by atoms with E-state index in [1.165, 1.54) is 24.9 Å². The molecule has 1 aromatic heterocycles. The quantitative estimate of drug-likeness (QED) is 0.799. The summed E-state index contributed by atoms with van der Waals surface area (Å²) < 4.78 is 0. The molecule has 3 atom stereocenters. The molecule has 1 aliphatic rings. The molecule has 2 nitrogen and oxygen atoms in total. The number of hydrogen-bond acceptors (Lipinski definition) is 2. The number of nitrogens with one attached hydrogen (secondary N) is 1. The molecule has 0 amide bonds. The minimum atomic E-state index is 0.635. The molecule has 3 unspecified atom stereocenters. The van der Waals surface area contributed by atoms with Crippen molar-refractivity contribution in [3.8, 4) is 0 Å². The van der Waals surface area contributed by atoms with Gasteiger partial charge >= 0.3 is 0 Å². The van der Waals surface area contributed by atoms with Crippen LogP contribution in [0.4, 0.5) is 5.69 Å². The van der Waals surface area contributed by atoms with E-state index in [1.807, 2.05) is 24.5 Å². The molecular formula is C13H20N2. The van der Waals surface area contributed by atoms with Crippen LogP contribution in [-0.2, 0) is 0 Å². The number of rotatable bonds is 2. The van der Waals surface area contributed by atoms with Gasteiger partial charge in [0.1, 0.15) is 0 Å². The maximum absolute atomic E-state index is 4.03. The first kappa shape index (κ1) is 10.5. The molecule has 1 aromatic rings. The van der Waals surface area contributed by atoms with Crippen molar-refractivity contribution in [3.63, 3.8) is 0 Å². The largest absolute Gasteiger partial charge is 0.382 e. The highest BCUT2D eigenvalue weighted by molar-refractivity contribution is 5.42. The lowest BCUT2D eigenvalue weighted by Gasteiger charge is -2.35. The molecule has 1 aliphatic carbocycles. The zero-order valence-corrected chi connectivity index (χ0v) is 9.61. The van der Waals surface area contributed by atoms with Crippen molar-refractivity contribution < 1.29 is 0 Å². The lowest BCUT2D eigenvalue weighted by Crippen LogP contribution is -2.34. The fourth-order valence-corrected chi connectivity index (χ4v) is 2.45. The van der Waals surface area contributed by atoms with Gasteiger partial charge in [0, 0.05) is 24.1 Å². The van der Waals surface area contributed by atoms with Crippen molar-refractivity contribution in [1.82, 2.24) is 4.98 Å². The summed E-state index contributed by atoms with van der Waals surface area (Å²) in [5.41, 5.74) is 1.20. The zero-order valence-electron chi connectivity index (χ0n) is 9.61. The summed E-state index contributed by atoms with van der Waals surface area (Å²) in [7, 11) is 0. The fourth-order valence-electron chi connectivity index (χ4n) is 2.45. The van der Waals surface area contributed by atoms with Gasteiger partial charge in [0.15, 0.2) is 0 Å². The molecule has 0 saturated heterocycles. The van der Waals surface area contributed by atoms with Crippen LogP contribution in [0.1, 0.15) is 33.1 Å². The Morgan fingerprint density at radius 2 is 1.93 bits per heavy atom. The molecule has 0 aliphatic heterocycles. The van der Waals surface area contributed by atoms with Crippen LogP contribution in [0.2, 0.25) is 0 Å². The number of nitrogens with zero attached hydrogens (tertiary/aromatic N) is 1. The first-order chi connectivity index (χ1) is 7.27. The Morgan fingerprint density at radius 3 is 2.67 bits per heavy atom. The normalized spacial score (nSPS) is 31.2. The third-order valence-electron chi connectivity index (χ3n) is 3.74. The third kappa shape index (κ3) is 2.49. The van der Waals surface area contributed by atoms with E-state index in [9.17, 15) is 0 Å². The minimum Gasteiger partial charge on any atom is -0.382 e. The van der Waals surface area contributed by atoms with Gasteiger partial charge < -0.3 is 5.32 Å². The van der Waals surface area contributed by atoms with Gasteiger partial charge in [-0.25, -0.2) is 0 Å². The van der Waals surface area contributed by atoms with Gasteiger partial charge in [-0.15, -0.1) is 0 Å². The second-order valence-corrected chi connectivity index (χ2v) is 4.75. The molecule has 2 rings (SSSR count). The van der Waals surface area contributed by atoms with Crippen LogP contribution in [0, 0.1) is 11.8 Å². The Bertz CT molecular complexity index is 297. The Morgan fingerprint density at radius 1 is 1.20 bits per heavy atom. The average Bonchev–Trinajstić information content (AvgIpc) is 2.26. The monoisotopic (exact) mass is 204 g/mol. The summed E-state index contributed by atoms with van der Waals surface area (Å²) in [5.74, 6) is 1.62. The van der Waals surface area contributed by atoms with Crippen molar-refractivity contribution in [1.29, 1.82) is 0 Å². The molecule has 1 saturated carbocycles. The maximum atomic E-state index is 4.03. The highest BCUT2D eigenvalue weighted by Crippen LogP contribution is 2.31. The summed E-state index contributed by atoms with van der Waals surface area (Å²) in [4.78, 5) is 4.03. The van der Waals surface area contributed by atoms with Crippen LogP contribution >= 0.6 is 0 Å². The standard InChI is InChI=1S/C13H20N2/c1-10-4-3-5-13(11(10)2)15-12-6-8-14-9-7-12/h6-11,13H,3-5H2,1-2H3,(H,14,15). The topological polar surface area (TPSA) is 24.9 Å². The van der Waals surface area contributed by atoms with Crippen LogP contribution < -0.4 is 5.32 Å². The Balaban J connectivity index is 1.99. The summed E-state index contributed by atoms with van der Waals surface area (Å²) in [6, 6.07) is 4.73. The van der Waals surface area contributed by atoms with E-state index in [0.29, 0.717) is 6.04 Å². The Labute approximate surface area is 92.1 Å². The van der Waals surface area contributed by atoms with Crippen molar-refractivity contribution in [2.45, 2.75) is 39.2 Å². The number of aromatic nitrogens is 1. The number of hydrogen-bond donors (Lipinski definition) is 1. The van der Waals surface area contributed by atoms with Crippen LogP contribution in [0.15, 0.2) is 24.5 Å². The first-order valence-corrected chi connectivity index (χ1v) is 5.94. The highest BCUT2D eigenvalue weighted by atomic mass is 14.9. The van der Waals surface area contributed by atoms with E-state index in [2.05, 4.69) is 24.1 Å². The van der Waals surface area contributed by atoms with E-state index >= 15 is 0 Å². The average molecular weight is 204 g/mol. The highest BCUT2D eigenvalue weighted by Gasteiger charge is 2.26. The summed E-state index contributed by atoms with van der Waals surface area (Å²) in [5, 5.41) is 3.62. The Hall–Kier alpha value is -1.05. The maximum Gasteiger partial charge on any atom is 0.0373 e. The van der Waals surface area contributed by atoms with Crippen molar-refractivity contribution in [3.05, 3.63) is 24.5 Å². The van der Waals surface area contributed by atoms with E-state index in [-0.39, 0.29) is 0 Å². The van der Waals surface area contributed by atoms with Crippen LogP contribution in [0.3, 0.4) is 0 Å². The van der Waals surface area contributed by atoms with Crippen LogP contribution in [0.25, 0.3) is 0 Å². The molecule has 1 fully saturated rings. The van der Waals surface area contributed by atoms with Crippen molar-refractivity contribution >= 4 is 5.69 Å². The molecule has 0 bridgehead atoms. The fraction of sp³-hybridized carbons (Fsp3) is 0.615. The van der Waals surface area contributed by atoms with Gasteiger partial charge in [0.2, 0.25) is 0 Å². The predicted octanol–water partition coefficient (Wildman–Crippen LogP) is 3.32. The van der Waals surface area contributed by atoms with Gasteiger partial charge in [0.25, 0.3) is 0 Å². The van der Waals surface area contributed by atoms with Gasteiger partial charge in [-0.2, -0.15) is 0 Å². The Kier molecular flexibility index (Phi) is 3.24. The van der Waals surface area contributed by atoms with Gasteiger partial charge in [0.05, 0.1) is 0 Å². The van der Waals surface area contributed by atoms with Crippen LogP contribution in [-0.4, -0.2) is 11.0 Å². The zero-order chi connectivity index (χ0) is 10.7. The van der Waals surface area contributed by atoms with Gasteiger partial charge in [-0.1, -0.05) is 26.7 Å². The molecule has 1 heterocycles. The molecule has 0 spiro atoms. The molecule has 2 heteroatoms. The lowest BCUT2D eigenvalue weighted by molar-refractivity contribution is 0.253. The van der Waals surface area contributed by atoms with E-state index in [4.69, 9.17) is 0 Å². The first-order valence-electron chi connectivity index (χ1n) is 5.94. The second kappa shape index (κ2) is 4.65. The molecule has 0 radical (unpaired) electrons. The van der Waals surface area contributed by atoms with Crippen molar-refractivity contribution in [2.24, 2.45) is 11.8 Å².